The number of aromatic carboxylic acids is 2. The van der Waals surface area contributed by atoms with E-state index in [0.29, 0.717) is 6.54 Å². The number of aromatic nitrogens is 9. The molecule has 4 aromatic carbocycles. The van der Waals surface area contributed by atoms with Crippen molar-refractivity contribution < 1.29 is 114 Å². The summed E-state index contributed by atoms with van der Waals surface area (Å²) in [7, 11) is -19.2. The maximum atomic E-state index is 13.7. The van der Waals surface area contributed by atoms with E-state index in [1.807, 2.05) is 6.92 Å². The minimum atomic E-state index is -4.66. The van der Waals surface area contributed by atoms with Gasteiger partial charge in [-0.25, -0.2) is 14.1 Å². The van der Waals surface area contributed by atoms with E-state index in [4.69, 9.17) is 40.7 Å². The van der Waals surface area contributed by atoms with Crippen molar-refractivity contribution in [2.45, 2.75) is 42.7 Å². The molecule has 6 N–H and O–H groups in total. The highest BCUT2D eigenvalue weighted by molar-refractivity contribution is 7.88. The Hall–Kier alpha value is -10.6. The number of halogens is 2. The van der Waals surface area contributed by atoms with Crippen LogP contribution in [-0.2, 0) is 85.8 Å². The van der Waals surface area contributed by atoms with Crippen LogP contribution >= 0.6 is 23.2 Å². The summed E-state index contributed by atoms with van der Waals surface area (Å²) >= 11 is 13.7. The summed E-state index contributed by atoms with van der Waals surface area (Å²) in [6.45, 7) is 2.02. The molecule has 3 aliphatic rings. The summed E-state index contributed by atoms with van der Waals surface area (Å²) in [5.74, 6) is -4.59. The maximum absolute atomic E-state index is 13.7. The highest BCUT2D eigenvalue weighted by Gasteiger charge is 2.37. The first-order chi connectivity index (χ1) is 51.1. The Morgan fingerprint density at radius 3 is 1.50 bits per heavy atom. The van der Waals surface area contributed by atoms with Gasteiger partial charge in [-0.1, -0.05) is 30.1 Å². The number of anilines is 9. The number of fused-ring (bicyclic) bond motifs is 4. The summed E-state index contributed by atoms with van der Waals surface area (Å²) in [6.07, 6.45) is 5.94. The molecule has 0 saturated carbocycles. The fourth-order valence-electron chi connectivity index (χ4n) is 9.79. The lowest BCUT2D eigenvalue weighted by atomic mass is 10.1. The summed E-state index contributed by atoms with van der Waals surface area (Å²) in [4.78, 5) is 55.0. The number of hydrogen-bond acceptors (Lipinski definition) is 38. The molecule has 0 fully saturated rings. The minimum Gasteiger partial charge on any atom is -0.545 e. The SMILES string of the molecule is CCCNc1nc(Nc2cc(S(=O)(=O)OC)ccc2S(=O)(=O)OC)nc(-[n+]2cccc(C(=O)[O-])c2)n1.CNc1ccc2c(c1S(=O)(=O)OC)Oc1c(c(Cl)c3oc4c(S(=O)(=O)OC)c(=NCCNc5nc(Nc6cc(S(=O)(=O)OC)ccc6S(=O)(=O)OC)nc(-[n+]6cccc(C(=O)[O-])c6)n5)ccc-4nc3c1Cl)N2. The number of pyridine rings is 2. The van der Waals surface area contributed by atoms with Crippen LogP contribution in [-0.4, -0.2) is 167 Å². The lowest BCUT2D eigenvalue weighted by molar-refractivity contribution is -0.604. The van der Waals surface area contributed by atoms with E-state index in [0.717, 1.165) is 91.7 Å². The number of carbonyl (C=O) groups excluding carboxylic acids is 2. The van der Waals surface area contributed by atoms with E-state index >= 15 is 0 Å². The molecule has 0 saturated heterocycles. The Bertz CT molecular complexity index is 6050. The Morgan fingerprint density at radius 1 is 0.546 bits per heavy atom. The van der Waals surface area contributed by atoms with E-state index in [9.17, 15) is 70.3 Å². The van der Waals surface area contributed by atoms with Crippen LogP contribution in [0.3, 0.4) is 0 Å². The van der Waals surface area contributed by atoms with Gasteiger partial charge in [-0.3, -0.25) is 30.1 Å². The smallest absolute Gasteiger partial charge is 0.444 e. The van der Waals surface area contributed by atoms with Gasteiger partial charge in [0.25, 0.3) is 40.5 Å². The number of carboxylic acid groups (broad SMARTS) is 2. The molecule has 0 atom stereocenters. The van der Waals surface area contributed by atoms with Gasteiger partial charge in [0, 0.05) is 31.3 Å². The molecule has 11 rings (SSSR count). The van der Waals surface area contributed by atoms with Crippen molar-refractivity contribution in [2.75, 3.05) is 101 Å². The fourth-order valence-corrected chi connectivity index (χ4v) is 15.2. The van der Waals surface area contributed by atoms with Gasteiger partial charge in [0.1, 0.15) is 36.7 Å². The molecule has 0 unspecified atom stereocenters. The zero-order valence-corrected chi connectivity index (χ0v) is 63.1. The minimum absolute atomic E-state index is 0.0189. The first-order valence-electron chi connectivity index (χ1n) is 30.3. The third-order valence-corrected chi connectivity index (χ3v) is 23.5. The third-order valence-electron chi connectivity index (χ3n) is 14.9. The van der Waals surface area contributed by atoms with E-state index < -0.39 is 98.2 Å². The molecular formula is C60H56Cl2N16O24S6. The normalized spacial score (nSPS) is 12.6. The second-order valence-electron chi connectivity index (χ2n) is 21.4. The van der Waals surface area contributed by atoms with E-state index in [2.05, 4.69) is 88.5 Å². The van der Waals surface area contributed by atoms with Gasteiger partial charge in [-0.2, -0.15) is 50.5 Å². The van der Waals surface area contributed by atoms with Gasteiger partial charge in [0.2, 0.25) is 0 Å². The molecule has 570 valence electrons. The van der Waals surface area contributed by atoms with Crippen molar-refractivity contribution in [3.63, 3.8) is 0 Å². The van der Waals surface area contributed by atoms with Crippen LogP contribution in [0.2, 0.25) is 10.0 Å². The van der Waals surface area contributed by atoms with Crippen LogP contribution in [0.4, 0.5) is 52.2 Å². The Balaban J connectivity index is 0.000000290. The quantitative estimate of drug-likeness (QED) is 0.0178. The van der Waals surface area contributed by atoms with Gasteiger partial charge in [-0.05, 0) is 111 Å². The first kappa shape index (κ1) is 80.0. The Kier molecular flexibility index (Phi) is 23.7. The molecule has 8 aromatic rings. The van der Waals surface area contributed by atoms with Crippen molar-refractivity contribution >= 4 is 159 Å². The summed E-state index contributed by atoms with van der Waals surface area (Å²) < 4.78 is 197. The number of nitrogens with one attached hydrogen (secondary N) is 6. The van der Waals surface area contributed by atoms with Crippen molar-refractivity contribution in [3.8, 4) is 34.8 Å². The molecular weight excluding hydrogens is 1590 g/mol. The van der Waals surface area contributed by atoms with Crippen LogP contribution in [0, 0.1) is 0 Å². The molecule has 0 spiro atoms. The number of rotatable bonds is 28. The third kappa shape index (κ3) is 16.9. The standard InChI is InChI=1S/C40H34Cl2N10O16S4.C20H22N6O8S2/c1-43-23-11-9-21-31(35(23)71(59,60)65-4)67-33-27(41)30-34(28(42)29(33)46-21)68-32-22(47-30)10-12-24(36(32)72(61,62)66-5)44-14-15-45-38-49-39(51-40(50-38)52-16-6-7-19(18-52)37(53)54)48-25-17-20(69(55,56)63-2)8-13-26(25)70(57,58)64-3;1-4-9-21-18-23-19(25-20(24-18)26-10-5-6-13(12-26)17(27)28)22-15-11-14(35(29,30)33-2)7-8-16(15)36(31,32)34-3/h6-13,16-18H,14-15H2,1-5H3,(H4-,43,44,45,46,47,48,49,50,51,53,54);5-8,10-12H,4,9H2,1-3H3,(H2-,21,22,23,24,25,27,28). The lowest BCUT2D eigenvalue weighted by Crippen LogP contribution is -2.36. The monoisotopic (exact) mass is 1650 g/mol. The number of carbonyl (C=O) groups is 2. The van der Waals surface area contributed by atoms with Crippen molar-refractivity contribution in [1.82, 2.24) is 34.9 Å². The van der Waals surface area contributed by atoms with Crippen molar-refractivity contribution in [1.29, 1.82) is 0 Å². The van der Waals surface area contributed by atoms with Crippen molar-refractivity contribution in [2.24, 2.45) is 4.99 Å². The predicted molar refractivity (Wildman–Crippen MR) is 374 cm³/mol. The Labute approximate surface area is 623 Å². The molecule has 6 heterocycles. The zero-order chi connectivity index (χ0) is 78.6. The van der Waals surface area contributed by atoms with E-state index in [-0.39, 0.29) is 142 Å². The summed E-state index contributed by atoms with van der Waals surface area (Å²) in [5.41, 5.74) is -1.10. The fraction of sp³-hybridized carbons (Fsp3) is 0.200. The average Bonchev–Trinajstić information content (AvgIpc) is 0.722. The predicted octanol–water partition coefficient (Wildman–Crippen LogP) is 2.80. The Morgan fingerprint density at radius 2 is 1.03 bits per heavy atom. The molecule has 0 bridgehead atoms. The van der Waals surface area contributed by atoms with Gasteiger partial charge < -0.3 is 60.9 Å². The van der Waals surface area contributed by atoms with E-state index in [1.54, 1.807) is 0 Å². The molecule has 0 amide bonds. The van der Waals surface area contributed by atoms with Crippen LogP contribution in [0.25, 0.3) is 34.5 Å². The second-order valence-corrected chi connectivity index (χ2v) is 32.3. The second kappa shape index (κ2) is 32.1. The van der Waals surface area contributed by atoms with E-state index in [1.165, 1.54) is 83.3 Å². The van der Waals surface area contributed by atoms with Crippen LogP contribution in [0.1, 0.15) is 34.1 Å². The van der Waals surface area contributed by atoms with Gasteiger partial charge in [-0.15, -0.1) is 9.97 Å². The highest BCUT2D eigenvalue weighted by atomic mass is 35.5. The zero-order valence-electron chi connectivity index (χ0n) is 56.7. The summed E-state index contributed by atoms with van der Waals surface area (Å²) in [6, 6.07) is 17.0. The largest absolute Gasteiger partial charge is 0.545 e. The maximum Gasteiger partial charge on any atom is 0.444 e. The lowest BCUT2D eigenvalue weighted by Gasteiger charge is -2.27. The number of nitrogens with zero attached hydrogens (tertiary/aromatic N) is 10. The summed E-state index contributed by atoms with van der Waals surface area (Å²) in [5, 5.41) is 39.4. The van der Waals surface area contributed by atoms with Gasteiger partial charge in [0.05, 0.1) is 124 Å². The molecule has 1 aliphatic carbocycles. The van der Waals surface area contributed by atoms with Crippen LogP contribution in [0.5, 0.6) is 11.5 Å². The molecule has 4 aromatic heterocycles. The van der Waals surface area contributed by atoms with Crippen LogP contribution in [0.15, 0.2) is 148 Å². The number of carboxylic acids is 2. The topological polar surface area (TPSA) is 545 Å². The van der Waals surface area contributed by atoms with Gasteiger partial charge in [0.15, 0.2) is 32.6 Å². The number of benzene rings is 5. The first-order valence-corrected chi connectivity index (χ1v) is 39.5. The molecule has 2 aliphatic heterocycles. The number of hydrogen-bond donors (Lipinski definition) is 6. The highest BCUT2D eigenvalue weighted by Crippen LogP contribution is 2.55. The number of ether oxygens (including phenoxy) is 1. The van der Waals surface area contributed by atoms with Crippen LogP contribution < -0.4 is 61.3 Å². The van der Waals surface area contributed by atoms with Gasteiger partial charge >= 0.3 is 55.9 Å². The molecule has 0 radical (unpaired) electrons. The molecule has 108 heavy (non-hydrogen) atoms. The van der Waals surface area contributed by atoms with Crippen molar-refractivity contribution in [3.05, 3.63) is 136 Å². The molecule has 48 heteroatoms. The average molecular weight is 1650 g/mol. The molecule has 40 nitrogen and oxygen atoms in total.